The van der Waals surface area contributed by atoms with Crippen molar-refractivity contribution in [2.75, 3.05) is 0 Å². The van der Waals surface area contributed by atoms with Crippen molar-refractivity contribution in [1.29, 1.82) is 0 Å². The number of nitrogens with one attached hydrogen (secondary N) is 4. The average Bonchev–Trinajstić information content (AvgIpc) is 2.72. The lowest BCUT2D eigenvalue weighted by atomic mass is 10.2. The summed E-state index contributed by atoms with van der Waals surface area (Å²) in [6.45, 7) is 0. The summed E-state index contributed by atoms with van der Waals surface area (Å²) < 4.78 is 0. The van der Waals surface area contributed by atoms with Gasteiger partial charge in [0, 0.05) is 22.5 Å². The smallest absolute Gasteiger partial charge is 0.331 e. The molecule has 0 unspecified atom stereocenters. The van der Waals surface area contributed by atoms with E-state index in [-0.39, 0.29) is 24.2 Å². The Bertz CT molecular complexity index is 549. The fraction of sp³-hybridized carbons (Fsp3) is 0.333. The average molecular weight is 230 g/mol. The highest BCUT2D eigenvalue weighted by molar-refractivity contribution is 4.93. The molecule has 0 aliphatic rings. The Morgan fingerprint density at radius 3 is 1.50 bits per heavy atom. The zero-order chi connectivity index (χ0) is 11.7. The van der Waals surface area contributed by atoms with Crippen LogP contribution in [0.3, 0.4) is 0 Å². The van der Waals surface area contributed by atoms with E-state index in [4.69, 9.17) is 10.4 Å². The third-order valence-corrected chi connectivity index (χ3v) is 2.18. The Morgan fingerprint density at radius 2 is 1.25 bits per heavy atom. The summed E-state index contributed by atoms with van der Waals surface area (Å²) in [5.41, 5.74) is -0.862. The van der Waals surface area contributed by atoms with Gasteiger partial charge in [0.05, 0.1) is 0 Å². The zero-order valence-corrected chi connectivity index (χ0v) is 8.02. The molecular formula is C6H10N6O4+2. The molecule has 0 aliphatic heterocycles. The number of hydrogen-bond donors (Lipinski definition) is 6. The van der Waals surface area contributed by atoms with Crippen LogP contribution in [0.1, 0.15) is 11.4 Å². The molecule has 0 aromatic carbocycles. The predicted octanol–water partition coefficient (Wildman–Crippen LogP) is -3.45. The Labute approximate surface area is 86.6 Å². The van der Waals surface area contributed by atoms with E-state index in [0.29, 0.717) is 9.69 Å². The first-order valence-electron chi connectivity index (χ1n) is 4.41. The number of nitrogens with zero attached hydrogens (tertiary/aromatic N) is 2. The van der Waals surface area contributed by atoms with Crippen LogP contribution in [0.2, 0.25) is 0 Å². The second-order valence-electron chi connectivity index (χ2n) is 3.15. The van der Waals surface area contributed by atoms with Gasteiger partial charge in [-0.15, -0.1) is 10.2 Å². The van der Waals surface area contributed by atoms with Crippen molar-refractivity contribution in [3.8, 4) is 0 Å². The van der Waals surface area contributed by atoms with Crippen LogP contribution in [-0.4, -0.2) is 31.0 Å². The van der Waals surface area contributed by atoms with Crippen molar-refractivity contribution < 1.29 is 20.1 Å². The van der Waals surface area contributed by atoms with Crippen LogP contribution < -0.4 is 20.8 Å². The molecular weight excluding hydrogens is 220 g/mol. The normalized spacial score (nSPS) is 10.8. The minimum atomic E-state index is -0.487. The summed E-state index contributed by atoms with van der Waals surface area (Å²) in [6, 6.07) is 0. The maximum atomic E-state index is 11.1. The molecule has 0 atom stereocenters. The molecule has 0 saturated carbocycles. The summed E-state index contributed by atoms with van der Waals surface area (Å²) in [7, 11) is 0. The standard InChI is InChI=1S/C6H8N6O4/c13-5-3(11(15)9-7-5)1-2-4-6(14)8-10-12(4)16/h13-16H,1-2H2/p+2. The van der Waals surface area contributed by atoms with Gasteiger partial charge in [0.2, 0.25) is 0 Å². The molecule has 0 fully saturated rings. The highest BCUT2D eigenvalue weighted by Gasteiger charge is 2.21. The lowest BCUT2D eigenvalue weighted by molar-refractivity contribution is -0.955. The summed E-state index contributed by atoms with van der Waals surface area (Å²) >= 11 is 0. The second-order valence-corrected chi connectivity index (χ2v) is 3.15. The molecule has 0 bridgehead atoms. The largest absolute Gasteiger partial charge is 0.398 e. The van der Waals surface area contributed by atoms with Gasteiger partial charge in [0.25, 0.3) is 11.4 Å². The third-order valence-electron chi connectivity index (χ3n) is 2.18. The van der Waals surface area contributed by atoms with Gasteiger partial charge in [-0.2, -0.15) is 0 Å². The first kappa shape index (κ1) is 10.0. The Morgan fingerprint density at radius 1 is 0.875 bits per heavy atom. The number of aromatic nitrogens is 6. The van der Waals surface area contributed by atoms with Gasteiger partial charge < -0.3 is 10.4 Å². The quantitative estimate of drug-likeness (QED) is 0.240. The lowest BCUT2D eigenvalue weighted by Crippen LogP contribution is -2.41. The van der Waals surface area contributed by atoms with Crippen molar-refractivity contribution >= 4 is 0 Å². The molecule has 6 N–H and O–H groups in total. The SMILES string of the molecule is O=c1[nH][nH][n+](O)c1CCc1c(=O)[nH][nH][n+]1O. The van der Waals surface area contributed by atoms with Crippen LogP contribution in [0.5, 0.6) is 0 Å². The molecule has 0 spiro atoms. The van der Waals surface area contributed by atoms with Crippen LogP contribution in [0.25, 0.3) is 0 Å². The van der Waals surface area contributed by atoms with E-state index in [9.17, 15) is 9.59 Å². The van der Waals surface area contributed by atoms with Gasteiger partial charge in [-0.05, 0) is 0 Å². The van der Waals surface area contributed by atoms with Crippen molar-refractivity contribution in [2.24, 2.45) is 0 Å². The fourth-order valence-electron chi connectivity index (χ4n) is 1.35. The van der Waals surface area contributed by atoms with Gasteiger partial charge in [0.15, 0.2) is 0 Å². The minimum absolute atomic E-state index is 0.0561. The van der Waals surface area contributed by atoms with E-state index in [0.717, 1.165) is 0 Å². The molecule has 2 rings (SSSR count). The molecule has 0 radical (unpaired) electrons. The Kier molecular flexibility index (Phi) is 2.23. The monoisotopic (exact) mass is 230 g/mol. The van der Waals surface area contributed by atoms with Gasteiger partial charge in [0.1, 0.15) is 0 Å². The van der Waals surface area contributed by atoms with E-state index in [1.807, 2.05) is 0 Å². The minimum Gasteiger partial charge on any atom is -0.331 e. The summed E-state index contributed by atoms with van der Waals surface area (Å²) in [6.07, 6.45) is 0.188. The maximum Gasteiger partial charge on any atom is 0.398 e. The number of rotatable bonds is 3. The molecule has 10 nitrogen and oxygen atoms in total. The van der Waals surface area contributed by atoms with E-state index in [1.54, 1.807) is 0 Å². The fourth-order valence-corrected chi connectivity index (χ4v) is 1.35. The molecule has 0 aliphatic carbocycles. The van der Waals surface area contributed by atoms with Crippen LogP contribution in [0.15, 0.2) is 9.59 Å². The van der Waals surface area contributed by atoms with Gasteiger partial charge in [-0.3, -0.25) is 0 Å². The van der Waals surface area contributed by atoms with Crippen molar-refractivity contribution in [3.63, 3.8) is 0 Å². The van der Waals surface area contributed by atoms with Crippen LogP contribution in [-0.2, 0) is 12.8 Å². The van der Waals surface area contributed by atoms with Crippen LogP contribution in [0, 0.1) is 0 Å². The summed E-state index contributed by atoms with van der Waals surface area (Å²) in [5, 5.41) is 27.0. The predicted molar refractivity (Wildman–Crippen MR) is 45.0 cm³/mol. The molecule has 0 amide bonds. The van der Waals surface area contributed by atoms with Crippen LogP contribution in [0.4, 0.5) is 0 Å². The van der Waals surface area contributed by atoms with Crippen molar-refractivity contribution in [1.82, 2.24) is 20.6 Å². The van der Waals surface area contributed by atoms with E-state index >= 15 is 0 Å². The van der Waals surface area contributed by atoms with E-state index in [1.165, 1.54) is 0 Å². The number of hydrogen-bond acceptors (Lipinski definition) is 4. The molecule has 16 heavy (non-hydrogen) atoms. The van der Waals surface area contributed by atoms with Crippen molar-refractivity contribution in [2.45, 2.75) is 12.8 Å². The van der Waals surface area contributed by atoms with E-state index < -0.39 is 11.1 Å². The van der Waals surface area contributed by atoms with E-state index in [2.05, 4.69) is 20.6 Å². The van der Waals surface area contributed by atoms with Gasteiger partial charge >= 0.3 is 11.1 Å². The maximum absolute atomic E-state index is 11.1. The first-order chi connectivity index (χ1) is 7.59. The Balaban J connectivity index is 2.20. The first-order valence-corrected chi connectivity index (χ1v) is 4.41. The third kappa shape index (κ3) is 1.55. The number of aromatic amines is 4. The van der Waals surface area contributed by atoms with Gasteiger partial charge in [-0.1, -0.05) is 10.4 Å². The van der Waals surface area contributed by atoms with Crippen LogP contribution >= 0.6 is 0 Å². The highest BCUT2D eigenvalue weighted by Crippen LogP contribution is 1.89. The molecule has 2 aromatic heterocycles. The summed E-state index contributed by atoms with van der Waals surface area (Å²) in [5.74, 6) is 0. The second kappa shape index (κ2) is 3.56. The molecule has 86 valence electrons. The Hall–Kier alpha value is -2.52. The molecule has 2 aromatic rings. The topological polar surface area (TPSA) is 146 Å². The molecule has 10 heteroatoms. The summed E-state index contributed by atoms with van der Waals surface area (Å²) in [4.78, 5) is 23.3. The molecule has 0 saturated heterocycles. The van der Waals surface area contributed by atoms with Crippen molar-refractivity contribution in [3.05, 3.63) is 32.1 Å². The molecule has 2 heterocycles. The van der Waals surface area contributed by atoms with Gasteiger partial charge in [-0.25, -0.2) is 9.59 Å². The highest BCUT2D eigenvalue weighted by atomic mass is 16.5. The zero-order valence-electron chi connectivity index (χ0n) is 8.02. The lowest BCUT2D eigenvalue weighted by Gasteiger charge is -1.89. The number of H-pyrrole nitrogens is 4.